The zero-order valence-corrected chi connectivity index (χ0v) is 6.80. The van der Waals surface area contributed by atoms with Crippen LogP contribution in [-0.4, -0.2) is 38.0 Å². The van der Waals surface area contributed by atoms with E-state index < -0.39 is 0 Å². The zero-order valence-electron chi connectivity index (χ0n) is 6.80. The van der Waals surface area contributed by atoms with E-state index in [1.165, 1.54) is 6.33 Å². The van der Waals surface area contributed by atoms with Gasteiger partial charge in [-0.3, -0.25) is 0 Å². The van der Waals surface area contributed by atoms with Crippen LogP contribution in [0.4, 0.5) is 0 Å². The molecule has 0 aliphatic heterocycles. The normalized spacial score (nSPS) is 13.2. The van der Waals surface area contributed by atoms with Gasteiger partial charge in [0.15, 0.2) is 0 Å². The average Bonchev–Trinajstić information content (AvgIpc) is 2.53. The molecule has 0 aromatic carbocycles. The molecule has 0 unspecified atom stereocenters. The average molecular weight is 171 g/mol. The lowest BCUT2D eigenvalue weighted by Crippen LogP contribution is -2.16. The Hall–Kier alpha value is -1.01. The third-order valence-electron chi connectivity index (χ3n) is 1.58. The van der Waals surface area contributed by atoms with Crippen molar-refractivity contribution in [3.63, 3.8) is 0 Å². The molecule has 1 heterocycles. The summed E-state index contributed by atoms with van der Waals surface area (Å²) in [6.45, 7) is 1.14. The third kappa shape index (κ3) is 2.93. The minimum absolute atomic E-state index is 0.348. The molecule has 0 fully saturated rings. The standard InChI is InChI=1S/C6H13N5O/c7-3-1-6(12)2-4-11-5-8-9-10-11/h5-6,12H,1-4,7H2/t6-/m0/s1. The third-order valence-corrected chi connectivity index (χ3v) is 1.58. The Morgan fingerprint density at radius 1 is 1.50 bits per heavy atom. The lowest BCUT2D eigenvalue weighted by atomic mass is 10.2. The predicted molar refractivity (Wildman–Crippen MR) is 42.1 cm³/mol. The van der Waals surface area contributed by atoms with Gasteiger partial charge in [0.25, 0.3) is 0 Å². The number of hydrogen-bond donors (Lipinski definition) is 2. The van der Waals surface area contributed by atoms with Crippen molar-refractivity contribution in [2.24, 2.45) is 5.73 Å². The highest BCUT2D eigenvalue weighted by atomic mass is 16.3. The SMILES string of the molecule is NCC[C@H](O)CCn1cnnn1. The molecule has 0 spiro atoms. The second kappa shape index (κ2) is 4.78. The number of aliphatic hydroxyl groups is 1. The number of rotatable bonds is 5. The summed E-state index contributed by atoms with van der Waals surface area (Å²) in [6.07, 6.45) is 2.44. The van der Waals surface area contributed by atoms with Crippen LogP contribution in [0.15, 0.2) is 6.33 Å². The molecule has 0 aliphatic rings. The Labute approximate surface area is 70.4 Å². The van der Waals surface area contributed by atoms with Gasteiger partial charge >= 0.3 is 0 Å². The first kappa shape index (κ1) is 9.08. The Morgan fingerprint density at radius 2 is 2.33 bits per heavy atom. The molecular weight excluding hydrogens is 158 g/mol. The topological polar surface area (TPSA) is 89.8 Å². The maximum atomic E-state index is 9.29. The van der Waals surface area contributed by atoms with Crippen molar-refractivity contribution in [2.45, 2.75) is 25.5 Å². The smallest absolute Gasteiger partial charge is 0.138 e. The maximum Gasteiger partial charge on any atom is 0.138 e. The van der Waals surface area contributed by atoms with Gasteiger partial charge in [-0.25, -0.2) is 4.68 Å². The number of nitrogens with zero attached hydrogens (tertiary/aromatic N) is 4. The molecule has 1 aromatic heterocycles. The second-order valence-electron chi connectivity index (χ2n) is 2.59. The summed E-state index contributed by atoms with van der Waals surface area (Å²) in [6, 6.07) is 0. The summed E-state index contributed by atoms with van der Waals surface area (Å²) < 4.78 is 1.58. The Balaban J connectivity index is 2.17. The molecule has 0 bridgehead atoms. The molecule has 1 atom stereocenters. The molecule has 1 aromatic rings. The molecule has 1 rings (SSSR count). The minimum atomic E-state index is -0.348. The van der Waals surface area contributed by atoms with Gasteiger partial charge in [-0.1, -0.05) is 0 Å². The molecule has 0 amide bonds. The largest absolute Gasteiger partial charge is 0.393 e. The van der Waals surface area contributed by atoms with Gasteiger partial charge < -0.3 is 10.8 Å². The Bertz CT molecular complexity index is 200. The van der Waals surface area contributed by atoms with Gasteiger partial charge in [-0.05, 0) is 29.8 Å². The van der Waals surface area contributed by atoms with E-state index in [2.05, 4.69) is 15.5 Å². The van der Waals surface area contributed by atoms with Crippen molar-refractivity contribution >= 4 is 0 Å². The lowest BCUT2D eigenvalue weighted by molar-refractivity contribution is 0.149. The number of aliphatic hydroxyl groups excluding tert-OH is 1. The van der Waals surface area contributed by atoms with E-state index in [0.29, 0.717) is 25.9 Å². The summed E-state index contributed by atoms with van der Waals surface area (Å²) >= 11 is 0. The molecule has 0 saturated carbocycles. The number of hydrogen-bond acceptors (Lipinski definition) is 5. The molecule has 0 saturated heterocycles. The fourth-order valence-electron chi connectivity index (χ4n) is 0.901. The van der Waals surface area contributed by atoms with Crippen molar-refractivity contribution in [3.05, 3.63) is 6.33 Å². The van der Waals surface area contributed by atoms with E-state index in [-0.39, 0.29) is 6.10 Å². The highest BCUT2D eigenvalue weighted by Gasteiger charge is 2.02. The van der Waals surface area contributed by atoms with Crippen LogP contribution >= 0.6 is 0 Å². The molecule has 68 valence electrons. The number of tetrazole rings is 1. The Kier molecular flexibility index (Phi) is 3.62. The first-order chi connectivity index (χ1) is 5.83. The minimum Gasteiger partial charge on any atom is -0.393 e. The predicted octanol–water partition coefficient (Wildman–Crippen LogP) is -1.23. The van der Waals surface area contributed by atoms with Crippen molar-refractivity contribution < 1.29 is 5.11 Å². The monoisotopic (exact) mass is 171 g/mol. The van der Waals surface area contributed by atoms with Crippen molar-refractivity contribution in [1.29, 1.82) is 0 Å². The highest BCUT2D eigenvalue weighted by Crippen LogP contribution is 1.97. The molecule has 0 aliphatic carbocycles. The fourth-order valence-corrected chi connectivity index (χ4v) is 0.901. The molecule has 3 N–H and O–H groups in total. The van der Waals surface area contributed by atoms with Crippen LogP contribution in [0.25, 0.3) is 0 Å². The molecule has 12 heavy (non-hydrogen) atoms. The van der Waals surface area contributed by atoms with Crippen LogP contribution in [0.2, 0.25) is 0 Å². The number of aryl methyl sites for hydroxylation is 1. The van der Waals surface area contributed by atoms with Gasteiger partial charge in [-0.15, -0.1) is 5.10 Å². The van der Waals surface area contributed by atoms with Crippen LogP contribution in [0.3, 0.4) is 0 Å². The van der Waals surface area contributed by atoms with E-state index in [4.69, 9.17) is 5.73 Å². The van der Waals surface area contributed by atoms with Crippen LogP contribution in [0.5, 0.6) is 0 Å². The second-order valence-corrected chi connectivity index (χ2v) is 2.59. The van der Waals surface area contributed by atoms with Crippen LogP contribution < -0.4 is 5.73 Å². The first-order valence-corrected chi connectivity index (χ1v) is 3.92. The van der Waals surface area contributed by atoms with E-state index in [1.807, 2.05) is 0 Å². The van der Waals surface area contributed by atoms with E-state index in [1.54, 1.807) is 4.68 Å². The molecule has 0 radical (unpaired) electrons. The summed E-state index contributed by atoms with van der Waals surface area (Å²) in [5, 5.41) is 19.9. The van der Waals surface area contributed by atoms with Crippen LogP contribution in [0, 0.1) is 0 Å². The van der Waals surface area contributed by atoms with Gasteiger partial charge in [0.1, 0.15) is 6.33 Å². The quantitative estimate of drug-likeness (QED) is 0.579. The zero-order chi connectivity index (χ0) is 8.81. The van der Waals surface area contributed by atoms with Gasteiger partial charge in [0.05, 0.1) is 6.10 Å². The summed E-state index contributed by atoms with van der Waals surface area (Å²) in [5.74, 6) is 0. The van der Waals surface area contributed by atoms with Gasteiger partial charge in [0.2, 0.25) is 0 Å². The first-order valence-electron chi connectivity index (χ1n) is 3.92. The molecule has 6 heteroatoms. The Morgan fingerprint density at radius 3 is 2.92 bits per heavy atom. The lowest BCUT2D eigenvalue weighted by Gasteiger charge is -2.07. The number of aromatic nitrogens is 4. The van der Waals surface area contributed by atoms with Crippen molar-refractivity contribution in [1.82, 2.24) is 20.2 Å². The van der Waals surface area contributed by atoms with Crippen molar-refractivity contribution in [3.8, 4) is 0 Å². The van der Waals surface area contributed by atoms with E-state index in [0.717, 1.165) is 0 Å². The van der Waals surface area contributed by atoms with Gasteiger partial charge in [0, 0.05) is 6.54 Å². The fraction of sp³-hybridized carbons (Fsp3) is 0.833. The summed E-state index contributed by atoms with van der Waals surface area (Å²) in [5.41, 5.74) is 5.27. The van der Waals surface area contributed by atoms with Crippen LogP contribution in [0.1, 0.15) is 12.8 Å². The number of nitrogens with two attached hydrogens (primary N) is 1. The van der Waals surface area contributed by atoms with Crippen LogP contribution in [-0.2, 0) is 6.54 Å². The van der Waals surface area contributed by atoms with Gasteiger partial charge in [-0.2, -0.15) is 0 Å². The maximum absolute atomic E-state index is 9.29. The van der Waals surface area contributed by atoms with E-state index in [9.17, 15) is 5.11 Å². The highest BCUT2D eigenvalue weighted by molar-refractivity contribution is 4.57. The molecular formula is C6H13N5O. The van der Waals surface area contributed by atoms with Crippen molar-refractivity contribution in [2.75, 3.05) is 6.54 Å². The molecule has 6 nitrogen and oxygen atoms in total. The summed E-state index contributed by atoms with van der Waals surface area (Å²) in [4.78, 5) is 0. The summed E-state index contributed by atoms with van der Waals surface area (Å²) in [7, 11) is 0. The van der Waals surface area contributed by atoms with E-state index >= 15 is 0 Å².